The Kier molecular flexibility index (Phi) is 2.91. The zero-order chi connectivity index (χ0) is 13.4. The van der Waals surface area contributed by atoms with Gasteiger partial charge in [-0.3, -0.25) is 0 Å². The molecule has 1 aliphatic rings. The van der Waals surface area contributed by atoms with E-state index >= 15 is 0 Å². The Balaban J connectivity index is 2.39. The van der Waals surface area contributed by atoms with Gasteiger partial charge in [-0.05, 0) is 30.7 Å². The molecule has 1 aromatic rings. The number of aliphatic imine (C=N–C) groups is 1. The van der Waals surface area contributed by atoms with Crippen LogP contribution in [0.3, 0.4) is 0 Å². The fraction of sp³-hybridized carbons (Fsp3) is 0.417. The topological polar surface area (TPSA) is 38.7 Å². The molecule has 3 nitrogen and oxygen atoms in total. The van der Waals surface area contributed by atoms with Crippen LogP contribution in [0.15, 0.2) is 23.2 Å². The highest BCUT2D eigenvalue weighted by molar-refractivity contribution is 5.43. The Bertz CT molecular complexity index is 521. The van der Waals surface area contributed by atoms with Crippen molar-refractivity contribution in [2.45, 2.75) is 25.1 Å². The van der Waals surface area contributed by atoms with E-state index in [1.54, 1.807) is 6.92 Å². The maximum Gasteiger partial charge on any atom is 0.416 e. The highest BCUT2D eigenvalue weighted by Gasteiger charge is 2.35. The van der Waals surface area contributed by atoms with E-state index in [-0.39, 0.29) is 13.0 Å². The van der Waals surface area contributed by atoms with Crippen LogP contribution in [0.2, 0.25) is 0 Å². The predicted molar refractivity (Wildman–Crippen MR) is 57.2 cm³/mol. The van der Waals surface area contributed by atoms with Crippen molar-refractivity contribution in [3.8, 4) is 5.75 Å². The molecule has 0 fully saturated rings. The summed E-state index contributed by atoms with van der Waals surface area (Å²) in [6, 6.07) is 3.31. The van der Waals surface area contributed by atoms with Gasteiger partial charge in [0.05, 0.1) is 5.56 Å². The van der Waals surface area contributed by atoms with Crippen LogP contribution in [0, 0.1) is 0 Å². The molecule has 6 heteroatoms. The number of ether oxygens (including phenoxy) is 1. The number of fused-ring (bicyclic) bond motifs is 1. The van der Waals surface area contributed by atoms with Crippen LogP contribution >= 0.6 is 0 Å². The number of nitrogens with zero attached hydrogens (tertiary/aromatic N) is 1. The molecule has 0 saturated carbocycles. The second-order valence-electron chi connectivity index (χ2n) is 4.49. The summed E-state index contributed by atoms with van der Waals surface area (Å²) in [5.74, 6) is 0.404. The maximum absolute atomic E-state index is 12.6. The number of alkyl halides is 3. The molecule has 0 saturated heterocycles. The van der Waals surface area contributed by atoms with Gasteiger partial charge in [0, 0.05) is 6.42 Å². The third kappa shape index (κ3) is 2.38. The highest BCUT2D eigenvalue weighted by Crippen LogP contribution is 2.36. The quantitative estimate of drug-likeness (QED) is 0.573. The van der Waals surface area contributed by atoms with Crippen molar-refractivity contribution >= 4 is 6.08 Å². The lowest BCUT2D eigenvalue weighted by Gasteiger charge is -2.30. The first-order chi connectivity index (χ1) is 8.34. The Morgan fingerprint density at radius 3 is 2.78 bits per heavy atom. The molecular weight excluding hydrogens is 247 g/mol. The molecule has 1 heterocycles. The van der Waals surface area contributed by atoms with E-state index in [4.69, 9.17) is 4.74 Å². The van der Waals surface area contributed by atoms with Gasteiger partial charge in [0.15, 0.2) is 0 Å². The van der Waals surface area contributed by atoms with E-state index in [0.29, 0.717) is 11.3 Å². The molecule has 0 N–H and O–H groups in total. The molecule has 0 aliphatic carbocycles. The molecule has 0 spiro atoms. The van der Waals surface area contributed by atoms with Crippen molar-refractivity contribution in [1.29, 1.82) is 0 Å². The first kappa shape index (κ1) is 12.6. The molecule has 1 aromatic carbocycles. The van der Waals surface area contributed by atoms with Gasteiger partial charge in [-0.2, -0.15) is 18.2 Å². The SMILES string of the molecule is CC1(N=C=O)COc2ccc(C(F)(F)F)cc2C1. The molecule has 18 heavy (non-hydrogen) atoms. The van der Waals surface area contributed by atoms with Gasteiger partial charge in [-0.25, -0.2) is 4.79 Å². The van der Waals surface area contributed by atoms with Crippen molar-refractivity contribution in [2.24, 2.45) is 4.99 Å². The Morgan fingerprint density at radius 1 is 1.44 bits per heavy atom. The second kappa shape index (κ2) is 4.14. The van der Waals surface area contributed by atoms with Crippen molar-refractivity contribution in [1.82, 2.24) is 0 Å². The van der Waals surface area contributed by atoms with Crippen molar-refractivity contribution in [3.63, 3.8) is 0 Å². The Labute approximate surface area is 101 Å². The van der Waals surface area contributed by atoms with E-state index in [0.717, 1.165) is 12.1 Å². The van der Waals surface area contributed by atoms with Crippen LogP contribution in [-0.2, 0) is 17.4 Å². The number of rotatable bonds is 1. The highest BCUT2D eigenvalue weighted by atomic mass is 19.4. The molecule has 0 aromatic heterocycles. The maximum atomic E-state index is 12.6. The average molecular weight is 257 g/mol. The monoisotopic (exact) mass is 257 g/mol. The van der Waals surface area contributed by atoms with Gasteiger partial charge in [-0.15, -0.1) is 0 Å². The van der Waals surface area contributed by atoms with Crippen LogP contribution in [0.25, 0.3) is 0 Å². The van der Waals surface area contributed by atoms with Crippen LogP contribution in [-0.4, -0.2) is 18.2 Å². The molecule has 2 rings (SSSR count). The van der Waals surface area contributed by atoms with Crippen molar-refractivity contribution in [2.75, 3.05) is 6.61 Å². The average Bonchev–Trinajstić information content (AvgIpc) is 2.26. The Morgan fingerprint density at radius 2 is 2.17 bits per heavy atom. The zero-order valence-corrected chi connectivity index (χ0v) is 9.54. The number of hydrogen-bond acceptors (Lipinski definition) is 3. The molecule has 0 amide bonds. The van der Waals surface area contributed by atoms with E-state index in [2.05, 4.69) is 4.99 Å². The van der Waals surface area contributed by atoms with Crippen molar-refractivity contribution < 1.29 is 22.7 Å². The van der Waals surface area contributed by atoms with E-state index in [1.165, 1.54) is 12.1 Å². The summed E-state index contributed by atoms with van der Waals surface area (Å²) in [7, 11) is 0. The fourth-order valence-corrected chi connectivity index (χ4v) is 1.91. The number of carbonyl (C=O) groups excluding carboxylic acids is 1. The van der Waals surface area contributed by atoms with Gasteiger partial charge < -0.3 is 4.74 Å². The van der Waals surface area contributed by atoms with Crippen molar-refractivity contribution in [3.05, 3.63) is 29.3 Å². The van der Waals surface area contributed by atoms with Gasteiger partial charge in [-0.1, -0.05) is 0 Å². The first-order valence-corrected chi connectivity index (χ1v) is 5.26. The van der Waals surface area contributed by atoms with Gasteiger partial charge in [0.1, 0.15) is 17.9 Å². The summed E-state index contributed by atoms with van der Waals surface area (Å²) in [6.45, 7) is 1.79. The largest absolute Gasteiger partial charge is 0.491 e. The predicted octanol–water partition coefficient (Wildman–Crippen LogP) is 2.73. The third-order valence-corrected chi connectivity index (χ3v) is 2.81. The molecule has 96 valence electrons. The number of isocyanates is 1. The van der Waals surface area contributed by atoms with Gasteiger partial charge >= 0.3 is 6.18 Å². The smallest absolute Gasteiger partial charge is 0.416 e. The standard InChI is InChI=1S/C12H10F3NO2/c1-11(16-7-17)5-8-4-9(12(13,14)15)2-3-10(8)18-6-11/h2-4H,5-6H2,1H3. The van der Waals surface area contributed by atoms with E-state index in [1.807, 2.05) is 0 Å². The summed E-state index contributed by atoms with van der Waals surface area (Å²) in [4.78, 5) is 13.9. The van der Waals surface area contributed by atoms with Crippen LogP contribution in [0.5, 0.6) is 5.75 Å². The second-order valence-corrected chi connectivity index (χ2v) is 4.49. The summed E-state index contributed by atoms with van der Waals surface area (Å²) >= 11 is 0. The first-order valence-electron chi connectivity index (χ1n) is 5.26. The van der Waals surface area contributed by atoms with Crippen LogP contribution < -0.4 is 4.74 Å². The van der Waals surface area contributed by atoms with E-state index < -0.39 is 17.3 Å². The molecule has 1 unspecified atom stereocenters. The summed E-state index contributed by atoms with van der Waals surface area (Å²) in [5, 5.41) is 0. The van der Waals surface area contributed by atoms with Gasteiger partial charge in [0.25, 0.3) is 0 Å². The minimum atomic E-state index is -4.39. The van der Waals surface area contributed by atoms with E-state index in [9.17, 15) is 18.0 Å². The van der Waals surface area contributed by atoms with Crippen LogP contribution in [0.1, 0.15) is 18.1 Å². The number of benzene rings is 1. The lowest BCUT2D eigenvalue weighted by molar-refractivity contribution is -0.137. The molecule has 0 bridgehead atoms. The lowest BCUT2D eigenvalue weighted by Crippen LogP contribution is -2.36. The Hall–Kier alpha value is -1.81. The molecular formula is C12H10F3NO2. The normalized spacial score (nSPS) is 22.7. The minimum Gasteiger partial charge on any atom is -0.491 e. The summed E-state index contributed by atoms with van der Waals surface area (Å²) in [5.41, 5.74) is -1.18. The zero-order valence-electron chi connectivity index (χ0n) is 9.54. The minimum absolute atomic E-state index is 0.153. The number of halogens is 3. The number of hydrogen-bond donors (Lipinski definition) is 0. The molecule has 0 radical (unpaired) electrons. The summed E-state index contributed by atoms with van der Waals surface area (Å²) in [6.07, 6.45) is -2.74. The van der Waals surface area contributed by atoms with Crippen LogP contribution in [0.4, 0.5) is 13.2 Å². The lowest BCUT2D eigenvalue weighted by atomic mass is 9.90. The van der Waals surface area contributed by atoms with Gasteiger partial charge in [0.2, 0.25) is 6.08 Å². The molecule has 1 atom stereocenters. The summed E-state index contributed by atoms with van der Waals surface area (Å²) < 4.78 is 43.0. The fourth-order valence-electron chi connectivity index (χ4n) is 1.91. The third-order valence-electron chi connectivity index (χ3n) is 2.81. The molecule has 1 aliphatic heterocycles.